The Morgan fingerprint density at radius 3 is 2.37 bits per heavy atom. The Bertz CT molecular complexity index is 560. The van der Waals surface area contributed by atoms with Crippen molar-refractivity contribution in [3.63, 3.8) is 0 Å². The molecule has 108 valence electrons. The molecular weight excluding hydrogens is 283 g/mol. The van der Waals surface area contributed by atoms with Gasteiger partial charge in [0.05, 0.1) is 0 Å². The molecule has 0 saturated heterocycles. The quantitative estimate of drug-likeness (QED) is 0.784. The number of anilines is 1. The summed E-state index contributed by atoms with van der Waals surface area (Å²) in [4.78, 5) is 0. The highest BCUT2D eigenvalue weighted by Gasteiger charge is 2.50. The Balaban J connectivity index is 3.17. The fourth-order valence-corrected chi connectivity index (χ4v) is 2.24. The van der Waals surface area contributed by atoms with Crippen LogP contribution in [0.25, 0.3) is 0 Å². The van der Waals surface area contributed by atoms with E-state index in [-0.39, 0.29) is 23.2 Å². The summed E-state index contributed by atoms with van der Waals surface area (Å²) in [6.07, 6.45) is 0.106. The van der Waals surface area contributed by atoms with Gasteiger partial charge in [-0.1, -0.05) is 5.57 Å². The van der Waals surface area contributed by atoms with Crippen LogP contribution in [0.1, 0.15) is 19.1 Å². The average molecular weight is 297 g/mol. The second-order valence-corrected chi connectivity index (χ2v) is 5.97. The summed E-state index contributed by atoms with van der Waals surface area (Å²) in [6.45, 7) is 6.28. The molecule has 0 aliphatic heterocycles. The molecule has 0 aliphatic rings. The fourth-order valence-electron chi connectivity index (χ4n) is 1.32. The third kappa shape index (κ3) is 3.52. The van der Waals surface area contributed by atoms with Crippen LogP contribution in [0.3, 0.4) is 0 Å². The van der Waals surface area contributed by atoms with E-state index in [2.05, 4.69) is 6.58 Å². The zero-order chi connectivity index (χ0) is 14.8. The minimum absolute atomic E-state index is 0.106. The third-order valence-electron chi connectivity index (χ3n) is 2.30. The third-order valence-corrected chi connectivity index (χ3v) is 3.82. The number of hydrogen-bond donors (Lipinski definition) is 0. The van der Waals surface area contributed by atoms with Gasteiger partial charge in [-0.25, -0.2) is 4.31 Å². The molecule has 1 rings (SSSR count). The van der Waals surface area contributed by atoms with Crippen LogP contribution in [0.15, 0.2) is 28.7 Å². The number of alkyl halides is 3. The molecule has 0 aliphatic carbocycles. The van der Waals surface area contributed by atoms with E-state index >= 15 is 0 Å². The summed E-state index contributed by atoms with van der Waals surface area (Å²) >= 11 is 0. The first-order valence-electron chi connectivity index (χ1n) is 5.35. The van der Waals surface area contributed by atoms with Crippen LogP contribution in [0, 0.1) is 6.92 Å². The number of aryl methyl sites for hydroxylation is 1. The van der Waals surface area contributed by atoms with E-state index in [9.17, 15) is 21.6 Å². The fraction of sp³-hybridized carbons (Fsp3) is 0.455. The molecule has 0 saturated carbocycles. The van der Waals surface area contributed by atoms with Crippen molar-refractivity contribution in [3.8, 4) is 0 Å². The molecule has 1 aromatic heterocycles. The summed E-state index contributed by atoms with van der Waals surface area (Å²) in [7, 11) is -5.48. The second-order valence-electron chi connectivity index (χ2n) is 4.11. The maximum absolute atomic E-state index is 12.6. The zero-order valence-electron chi connectivity index (χ0n) is 10.5. The van der Waals surface area contributed by atoms with Crippen molar-refractivity contribution in [1.29, 1.82) is 0 Å². The van der Waals surface area contributed by atoms with Crippen molar-refractivity contribution in [2.75, 3.05) is 10.8 Å². The molecule has 1 aromatic rings. The number of nitrogens with zero attached hydrogens (tertiary/aromatic N) is 1. The minimum Gasteiger partial charge on any atom is -0.445 e. The lowest BCUT2D eigenvalue weighted by Gasteiger charge is -2.22. The highest BCUT2D eigenvalue weighted by Crippen LogP contribution is 2.32. The summed E-state index contributed by atoms with van der Waals surface area (Å²) in [6, 6.07) is 2.59. The molecule has 0 N–H and O–H groups in total. The predicted molar refractivity (Wildman–Crippen MR) is 65.2 cm³/mol. The van der Waals surface area contributed by atoms with Gasteiger partial charge in [-0.2, -0.15) is 21.6 Å². The highest BCUT2D eigenvalue weighted by atomic mass is 32.2. The molecular formula is C11H14F3NO3S. The summed E-state index contributed by atoms with van der Waals surface area (Å²) < 4.78 is 66.0. The SMILES string of the molecule is C=C(C)CCN(c1ccc(C)o1)S(=O)(=O)C(F)(F)F. The smallest absolute Gasteiger partial charge is 0.445 e. The first-order chi connectivity index (χ1) is 8.55. The Morgan fingerprint density at radius 1 is 1.42 bits per heavy atom. The van der Waals surface area contributed by atoms with Gasteiger partial charge in [0.15, 0.2) is 0 Å². The van der Waals surface area contributed by atoms with E-state index < -0.39 is 15.5 Å². The van der Waals surface area contributed by atoms with Crippen molar-refractivity contribution in [1.82, 2.24) is 0 Å². The molecule has 19 heavy (non-hydrogen) atoms. The molecule has 0 bridgehead atoms. The van der Waals surface area contributed by atoms with Gasteiger partial charge in [0.2, 0.25) is 5.88 Å². The van der Waals surface area contributed by atoms with Crippen molar-refractivity contribution in [2.24, 2.45) is 0 Å². The van der Waals surface area contributed by atoms with Crippen LogP contribution < -0.4 is 4.31 Å². The van der Waals surface area contributed by atoms with E-state index in [1.54, 1.807) is 6.92 Å². The summed E-state index contributed by atoms with van der Waals surface area (Å²) in [5.41, 5.74) is -4.80. The number of furan rings is 1. The molecule has 0 fully saturated rings. The Kier molecular flexibility index (Phi) is 4.34. The van der Waals surface area contributed by atoms with Crippen molar-refractivity contribution >= 4 is 15.9 Å². The topological polar surface area (TPSA) is 50.5 Å². The number of hydrogen-bond acceptors (Lipinski definition) is 3. The van der Waals surface area contributed by atoms with Crippen LogP contribution >= 0.6 is 0 Å². The van der Waals surface area contributed by atoms with Crippen LogP contribution in [-0.4, -0.2) is 20.5 Å². The standard InChI is InChI=1S/C11H14F3NO3S/c1-8(2)6-7-15(10-5-4-9(3)18-10)19(16,17)11(12,13)14/h4-5H,1,6-7H2,2-3H3. The molecule has 0 atom stereocenters. The predicted octanol–water partition coefficient (Wildman–Crippen LogP) is 3.21. The molecule has 0 aromatic carbocycles. The lowest BCUT2D eigenvalue weighted by atomic mass is 10.2. The van der Waals surface area contributed by atoms with Crippen molar-refractivity contribution < 1.29 is 26.0 Å². The number of halogens is 3. The van der Waals surface area contributed by atoms with E-state index in [4.69, 9.17) is 4.42 Å². The van der Waals surface area contributed by atoms with Crippen LogP contribution in [0.4, 0.5) is 19.1 Å². The van der Waals surface area contributed by atoms with E-state index in [0.29, 0.717) is 11.3 Å². The monoisotopic (exact) mass is 297 g/mol. The second kappa shape index (κ2) is 5.28. The van der Waals surface area contributed by atoms with Crippen molar-refractivity contribution in [3.05, 3.63) is 30.0 Å². The van der Waals surface area contributed by atoms with E-state index in [1.807, 2.05) is 0 Å². The van der Waals surface area contributed by atoms with Gasteiger partial charge < -0.3 is 4.42 Å². The van der Waals surface area contributed by atoms with E-state index in [1.165, 1.54) is 19.1 Å². The highest BCUT2D eigenvalue weighted by molar-refractivity contribution is 7.93. The van der Waals surface area contributed by atoms with Gasteiger partial charge in [0, 0.05) is 12.6 Å². The van der Waals surface area contributed by atoms with Gasteiger partial charge in [0.1, 0.15) is 5.76 Å². The van der Waals surface area contributed by atoms with Crippen LogP contribution in [0.2, 0.25) is 0 Å². The molecule has 8 heteroatoms. The summed E-state index contributed by atoms with van der Waals surface area (Å²) in [5, 5.41) is 0. The normalized spacial score (nSPS) is 12.5. The molecule has 0 spiro atoms. The van der Waals surface area contributed by atoms with Crippen molar-refractivity contribution in [2.45, 2.75) is 25.8 Å². The summed E-state index contributed by atoms with van der Waals surface area (Å²) in [5.74, 6) is -0.0243. The molecule has 4 nitrogen and oxygen atoms in total. The lowest BCUT2D eigenvalue weighted by molar-refractivity contribution is -0.0439. The molecule has 1 heterocycles. The Hall–Kier alpha value is -1.44. The van der Waals surface area contributed by atoms with Gasteiger partial charge in [0.25, 0.3) is 0 Å². The zero-order valence-corrected chi connectivity index (χ0v) is 11.3. The van der Waals surface area contributed by atoms with Gasteiger partial charge >= 0.3 is 15.5 Å². The average Bonchev–Trinajstić information content (AvgIpc) is 2.62. The van der Waals surface area contributed by atoms with Gasteiger partial charge in [-0.15, -0.1) is 6.58 Å². The number of rotatable bonds is 5. The first-order valence-corrected chi connectivity index (χ1v) is 6.79. The Labute approximate surface area is 109 Å². The van der Waals surface area contributed by atoms with Gasteiger partial charge in [-0.3, -0.25) is 0 Å². The first kappa shape index (κ1) is 15.6. The van der Waals surface area contributed by atoms with Crippen LogP contribution in [-0.2, 0) is 10.0 Å². The number of sulfonamides is 1. The van der Waals surface area contributed by atoms with Gasteiger partial charge in [-0.05, 0) is 26.3 Å². The molecule has 0 amide bonds. The maximum atomic E-state index is 12.6. The molecule has 0 unspecified atom stereocenters. The maximum Gasteiger partial charge on any atom is 0.516 e. The minimum atomic E-state index is -5.48. The van der Waals surface area contributed by atoms with Crippen LogP contribution in [0.5, 0.6) is 0 Å². The molecule has 0 radical (unpaired) electrons. The van der Waals surface area contributed by atoms with E-state index in [0.717, 1.165) is 0 Å². The lowest BCUT2D eigenvalue weighted by Crippen LogP contribution is -2.41. The Morgan fingerprint density at radius 2 is 2.00 bits per heavy atom. The largest absolute Gasteiger partial charge is 0.516 e.